The molecule has 0 aliphatic heterocycles. The SMILES string of the molecule is Cc1ccc(O)c(C(=O)c2ccccc2S(=O)O)c1. The maximum absolute atomic E-state index is 12.3. The standard InChI is InChI=1S/C14H12O4S/c1-9-6-7-12(15)11(8-9)14(16)10-4-2-3-5-13(10)19(17)18/h2-8,15H,1H3,(H,17,18). The Kier molecular flexibility index (Phi) is 3.78. The van der Waals surface area contributed by atoms with E-state index in [2.05, 4.69) is 0 Å². The summed E-state index contributed by atoms with van der Waals surface area (Å²) in [6.45, 7) is 1.80. The lowest BCUT2D eigenvalue weighted by molar-refractivity contribution is 0.103. The highest BCUT2D eigenvalue weighted by Gasteiger charge is 2.19. The topological polar surface area (TPSA) is 74.6 Å². The van der Waals surface area contributed by atoms with Crippen LogP contribution in [-0.4, -0.2) is 19.7 Å². The molecule has 0 saturated heterocycles. The van der Waals surface area contributed by atoms with Gasteiger partial charge in [-0.25, -0.2) is 4.21 Å². The summed E-state index contributed by atoms with van der Waals surface area (Å²) in [5.74, 6) is -0.617. The number of phenolic OH excluding ortho intramolecular Hbond substituents is 1. The summed E-state index contributed by atoms with van der Waals surface area (Å²) in [4.78, 5) is 12.4. The van der Waals surface area contributed by atoms with E-state index in [1.807, 2.05) is 0 Å². The lowest BCUT2D eigenvalue weighted by Gasteiger charge is -2.07. The molecular formula is C14H12O4S. The Hall–Kier alpha value is -1.98. The molecule has 19 heavy (non-hydrogen) atoms. The van der Waals surface area contributed by atoms with Crippen LogP contribution in [0, 0.1) is 6.92 Å². The van der Waals surface area contributed by atoms with Crippen LogP contribution in [0.3, 0.4) is 0 Å². The third-order valence-corrected chi connectivity index (χ3v) is 3.45. The Labute approximate surface area is 113 Å². The number of hydrogen-bond acceptors (Lipinski definition) is 3. The maximum atomic E-state index is 12.3. The number of benzene rings is 2. The van der Waals surface area contributed by atoms with Crippen molar-refractivity contribution in [3.63, 3.8) is 0 Å². The van der Waals surface area contributed by atoms with Gasteiger partial charge in [0.05, 0.1) is 10.5 Å². The van der Waals surface area contributed by atoms with Gasteiger partial charge in [-0.3, -0.25) is 4.79 Å². The third kappa shape index (κ3) is 2.72. The maximum Gasteiger partial charge on any atom is 0.198 e. The molecule has 2 aromatic rings. The van der Waals surface area contributed by atoms with Gasteiger partial charge >= 0.3 is 0 Å². The predicted octanol–water partition coefficient (Wildman–Crippen LogP) is 2.51. The molecule has 2 aromatic carbocycles. The van der Waals surface area contributed by atoms with Crippen LogP contribution in [0.25, 0.3) is 0 Å². The van der Waals surface area contributed by atoms with Crippen LogP contribution in [0.2, 0.25) is 0 Å². The molecule has 1 atom stereocenters. The summed E-state index contributed by atoms with van der Waals surface area (Å²) in [5.41, 5.74) is 1.06. The van der Waals surface area contributed by atoms with Gasteiger partial charge in [0.25, 0.3) is 0 Å². The number of carbonyl (C=O) groups is 1. The molecule has 0 aliphatic rings. The normalized spacial score (nSPS) is 12.1. The van der Waals surface area contributed by atoms with Gasteiger partial charge in [0, 0.05) is 5.56 Å². The van der Waals surface area contributed by atoms with Gasteiger partial charge in [0.1, 0.15) is 5.75 Å². The van der Waals surface area contributed by atoms with Gasteiger partial charge in [-0.1, -0.05) is 23.8 Å². The van der Waals surface area contributed by atoms with E-state index in [-0.39, 0.29) is 21.8 Å². The summed E-state index contributed by atoms with van der Waals surface area (Å²) < 4.78 is 20.4. The van der Waals surface area contributed by atoms with Gasteiger partial charge in [0.15, 0.2) is 16.9 Å². The Morgan fingerprint density at radius 2 is 1.79 bits per heavy atom. The number of aryl methyl sites for hydroxylation is 1. The lowest BCUT2D eigenvalue weighted by Crippen LogP contribution is -2.07. The number of rotatable bonds is 3. The zero-order valence-electron chi connectivity index (χ0n) is 10.2. The molecule has 0 radical (unpaired) electrons. The van der Waals surface area contributed by atoms with Crippen LogP contribution in [0.4, 0.5) is 0 Å². The molecule has 5 heteroatoms. The van der Waals surface area contributed by atoms with E-state index in [0.717, 1.165) is 5.56 Å². The molecule has 1 unspecified atom stereocenters. The highest BCUT2D eigenvalue weighted by molar-refractivity contribution is 7.79. The Bertz CT molecular complexity index is 664. The van der Waals surface area contributed by atoms with Gasteiger partial charge in [-0.2, -0.15) is 0 Å². The van der Waals surface area contributed by atoms with Crippen LogP contribution in [-0.2, 0) is 11.1 Å². The second kappa shape index (κ2) is 5.34. The molecular weight excluding hydrogens is 264 g/mol. The van der Waals surface area contributed by atoms with Crippen molar-refractivity contribution in [2.24, 2.45) is 0 Å². The number of aromatic hydroxyl groups is 1. The first-order chi connectivity index (χ1) is 9.00. The Balaban J connectivity index is 2.56. The van der Waals surface area contributed by atoms with Crippen LogP contribution in [0.5, 0.6) is 5.75 Å². The number of carbonyl (C=O) groups excluding carboxylic acids is 1. The van der Waals surface area contributed by atoms with Crippen molar-refractivity contribution in [2.75, 3.05) is 0 Å². The van der Waals surface area contributed by atoms with E-state index in [0.29, 0.717) is 0 Å². The molecule has 2 N–H and O–H groups in total. The number of ketones is 1. The van der Waals surface area contributed by atoms with E-state index in [1.54, 1.807) is 31.2 Å². The smallest absolute Gasteiger partial charge is 0.198 e. The minimum atomic E-state index is -2.25. The summed E-state index contributed by atoms with van der Waals surface area (Å²) in [6, 6.07) is 10.7. The molecule has 0 aliphatic carbocycles. The highest BCUT2D eigenvalue weighted by atomic mass is 32.2. The van der Waals surface area contributed by atoms with E-state index in [9.17, 15) is 18.7 Å². The van der Waals surface area contributed by atoms with Gasteiger partial charge in [0.2, 0.25) is 0 Å². The lowest BCUT2D eigenvalue weighted by atomic mass is 10.0. The largest absolute Gasteiger partial charge is 0.507 e. The van der Waals surface area contributed by atoms with Crippen LogP contribution < -0.4 is 0 Å². The first kappa shape index (κ1) is 13.5. The van der Waals surface area contributed by atoms with E-state index in [1.165, 1.54) is 18.2 Å². The monoisotopic (exact) mass is 276 g/mol. The van der Waals surface area contributed by atoms with Crippen molar-refractivity contribution in [1.82, 2.24) is 0 Å². The molecule has 0 amide bonds. The number of hydrogen-bond donors (Lipinski definition) is 2. The van der Waals surface area contributed by atoms with Crippen LogP contribution >= 0.6 is 0 Å². The van der Waals surface area contributed by atoms with Gasteiger partial charge in [-0.15, -0.1) is 0 Å². The molecule has 98 valence electrons. The fourth-order valence-corrected chi connectivity index (χ4v) is 2.33. The highest BCUT2D eigenvalue weighted by Crippen LogP contribution is 2.24. The zero-order chi connectivity index (χ0) is 14.0. The Morgan fingerprint density at radius 1 is 1.11 bits per heavy atom. The molecule has 4 nitrogen and oxygen atoms in total. The third-order valence-electron chi connectivity index (χ3n) is 2.72. The van der Waals surface area contributed by atoms with Crippen molar-refractivity contribution >= 4 is 16.9 Å². The predicted molar refractivity (Wildman–Crippen MR) is 71.8 cm³/mol. The van der Waals surface area contributed by atoms with Crippen molar-refractivity contribution in [1.29, 1.82) is 0 Å². The van der Waals surface area contributed by atoms with E-state index >= 15 is 0 Å². The van der Waals surface area contributed by atoms with E-state index < -0.39 is 16.9 Å². The minimum absolute atomic E-state index is 0.0356. The fourth-order valence-electron chi connectivity index (χ4n) is 1.78. The molecule has 0 heterocycles. The fraction of sp³-hybridized carbons (Fsp3) is 0.0714. The van der Waals surface area contributed by atoms with Crippen molar-refractivity contribution in [3.8, 4) is 5.75 Å². The molecule has 0 aromatic heterocycles. The second-order valence-electron chi connectivity index (χ2n) is 4.10. The summed E-state index contributed by atoms with van der Waals surface area (Å²) in [7, 11) is 0. The number of phenols is 1. The quantitative estimate of drug-likeness (QED) is 0.667. The van der Waals surface area contributed by atoms with Crippen LogP contribution in [0.15, 0.2) is 47.4 Å². The first-order valence-corrected chi connectivity index (χ1v) is 6.65. The summed E-state index contributed by atoms with van der Waals surface area (Å²) in [6.07, 6.45) is 0. The molecule has 0 bridgehead atoms. The molecule has 0 fully saturated rings. The molecule has 0 saturated carbocycles. The molecule has 0 spiro atoms. The van der Waals surface area contributed by atoms with E-state index in [4.69, 9.17) is 0 Å². The Morgan fingerprint density at radius 3 is 2.47 bits per heavy atom. The average Bonchev–Trinajstić information content (AvgIpc) is 2.40. The second-order valence-corrected chi connectivity index (χ2v) is 5.03. The molecule has 2 rings (SSSR count). The zero-order valence-corrected chi connectivity index (χ0v) is 11.0. The van der Waals surface area contributed by atoms with Crippen molar-refractivity contribution < 1.29 is 18.7 Å². The minimum Gasteiger partial charge on any atom is -0.507 e. The van der Waals surface area contributed by atoms with Crippen molar-refractivity contribution in [2.45, 2.75) is 11.8 Å². The summed E-state index contributed by atoms with van der Waals surface area (Å²) in [5, 5.41) is 9.74. The average molecular weight is 276 g/mol. The van der Waals surface area contributed by atoms with Crippen molar-refractivity contribution in [3.05, 3.63) is 59.2 Å². The first-order valence-electron chi connectivity index (χ1n) is 5.55. The van der Waals surface area contributed by atoms with Gasteiger partial charge in [-0.05, 0) is 31.2 Å². The van der Waals surface area contributed by atoms with Crippen LogP contribution in [0.1, 0.15) is 21.5 Å². The van der Waals surface area contributed by atoms with Gasteiger partial charge < -0.3 is 9.66 Å². The summed E-state index contributed by atoms with van der Waals surface area (Å²) >= 11 is -2.25.